The van der Waals surface area contributed by atoms with Crippen molar-refractivity contribution in [2.75, 3.05) is 7.11 Å². The molecule has 0 radical (unpaired) electrons. The van der Waals surface area contributed by atoms with E-state index >= 15 is 0 Å². The summed E-state index contributed by atoms with van der Waals surface area (Å²) in [6, 6.07) is 13.1. The maximum Gasteiger partial charge on any atom is 0.306 e. The maximum atomic E-state index is 12.5. The van der Waals surface area contributed by atoms with Crippen molar-refractivity contribution in [3.05, 3.63) is 65.0 Å². The first kappa shape index (κ1) is 20.8. The van der Waals surface area contributed by atoms with Crippen LogP contribution in [0.1, 0.15) is 53.1 Å². The molecule has 0 fully saturated rings. The SMILES string of the molecule is COc1ccc(-c2noc(COC(=O)CCC(=O)c3ccc4c(c3)CCCC4)n2)cc1. The Morgan fingerprint density at radius 1 is 1.00 bits per heavy atom. The van der Waals surface area contributed by atoms with Gasteiger partial charge in [0.05, 0.1) is 13.5 Å². The molecule has 0 N–H and O–H groups in total. The van der Waals surface area contributed by atoms with Crippen molar-refractivity contribution >= 4 is 11.8 Å². The number of esters is 1. The summed E-state index contributed by atoms with van der Waals surface area (Å²) >= 11 is 0. The fourth-order valence-electron chi connectivity index (χ4n) is 3.65. The van der Waals surface area contributed by atoms with Gasteiger partial charge in [0, 0.05) is 17.5 Å². The first-order valence-corrected chi connectivity index (χ1v) is 10.4. The predicted octanol–water partition coefficient (Wildman–Crippen LogP) is 4.33. The lowest BCUT2D eigenvalue weighted by molar-refractivity contribution is -0.145. The second kappa shape index (κ2) is 9.55. The number of benzene rings is 2. The molecule has 1 aliphatic rings. The van der Waals surface area contributed by atoms with Crippen LogP contribution in [0, 0.1) is 0 Å². The zero-order chi connectivity index (χ0) is 21.6. The van der Waals surface area contributed by atoms with Gasteiger partial charge in [-0.2, -0.15) is 4.98 Å². The zero-order valence-corrected chi connectivity index (χ0v) is 17.4. The third kappa shape index (κ3) is 5.17. The number of aryl methyl sites for hydroxylation is 2. The molecule has 1 aromatic heterocycles. The number of carbonyl (C=O) groups is 2. The van der Waals surface area contributed by atoms with E-state index < -0.39 is 5.97 Å². The molecular weight excluding hydrogens is 396 g/mol. The van der Waals surface area contributed by atoms with Gasteiger partial charge in [0.25, 0.3) is 5.89 Å². The highest BCUT2D eigenvalue weighted by Crippen LogP contribution is 2.23. The Labute approximate surface area is 180 Å². The Hall–Kier alpha value is -3.48. The van der Waals surface area contributed by atoms with Gasteiger partial charge in [0.15, 0.2) is 12.4 Å². The van der Waals surface area contributed by atoms with E-state index in [0.29, 0.717) is 11.4 Å². The van der Waals surface area contributed by atoms with Crippen molar-refractivity contribution in [3.63, 3.8) is 0 Å². The minimum absolute atomic E-state index is 0.00932. The Morgan fingerprint density at radius 3 is 2.55 bits per heavy atom. The molecule has 7 nitrogen and oxygen atoms in total. The van der Waals surface area contributed by atoms with E-state index in [4.69, 9.17) is 14.0 Å². The van der Waals surface area contributed by atoms with Gasteiger partial charge in [-0.3, -0.25) is 9.59 Å². The largest absolute Gasteiger partial charge is 0.497 e. The first-order chi connectivity index (χ1) is 15.1. The molecule has 1 aliphatic carbocycles. The average Bonchev–Trinajstić information content (AvgIpc) is 3.30. The van der Waals surface area contributed by atoms with Crippen molar-refractivity contribution in [2.45, 2.75) is 45.1 Å². The Bertz CT molecular complexity index is 1070. The number of ether oxygens (including phenoxy) is 2. The number of aromatic nitrogens is 2. The third-order valence-corrected chi connectivity index (χ3v) is 5.40. The van der Waals surface area contributed by atoms with E-state index in [1.54, 1.807) is 19.2 Å². The van der Waals surface area contributed by atoms with E-state index in [1.165, 1.54) is 17.5 Å². The fraction of sp³-hybridized carbons (Fsp3) is 0.333. The monoisotopic (exact) mass is 420 g/mol. The second-order valence-electron chi connectivity index (χ2n) is 7.51. The number of rotatable bonds is 8. The van der Waals surface area contributed by atoms with E-state index in [2.05, 4.69) is 10.1 Å². The van der Waals surface area contributed by atoms with E-state index in [9.17, 15) is 9.59 Å². The van der Waals surface area contributed by atoms with Crippen LogP contribution in [0.3, 0.4) is 0 Å². The lowest BCUT2D eigenvalue weighted by Crippen LogP contribution is -2.10. The Morgan fingerprint density at radius 2 is 1.77 bits per heavy atom. The van der Waals surface area contributed by atoms with Gasteiger partial charge < -0.3 is 14.0 Å². The van der Waals surface area contributed by atoms with Crippen LogP contribution >= 0.6 is 0 Å². The summed E-state index contributed by atoms with van der Waals surface area (Å²) in [6.45, 7) is -0.130. The molecule has 0 saturated heterocycles. The Balaban J connectivity index is 1.26. The predicted molar refractivity (Wildman–Crippen MR) is 113 cm³/mol. The van der Waals surface area contributed by atoms with Gasteiger partial charge in [-0.05, 0) is 67.1 Å². The first-order valence-electron chi connectivity index (χ1n) is 10.4. The molecule has 0 atom stereocenters. The van der Waals surface area contributed by atoms with Gasteiger partial charge in [-0.1, -0.05) is 17.3 Å². The molecule has 1 heterocycles. The summed E-state index contributed by atoms with van der Waals surface area (Å²) in [7, 11) is 1.59. The topological polar surface area (TPSA) is 91.5 Å². The highest BCUT2D eigenvalue weighted by Gasteiger charge is 2.16. The van der Waals surface area contributed by atoms with Crippen LogP contribution in [-0.4, -0.2) is 29.0 Å². The number of fused-ring (bicyclic) bond motifs is 1. The highest BCUT2D eigenvalue weighted by atomic mass is 16.6. The van der Waals surface area contributed by atoms with Crippen molar-refractivity contribution < 1.29 is 23.6 Å². The van der Waals surface area contributed by atoms with Gasteiger partial charge in [0.2, 0.25) is 5.82 Å². The minimum Gasteiger partial charge on any atom is -0.497 e. The number of Topliss-reactive ketones (excluding diaryl/α,β-unsaturated/α-hetero) is 1. The molecule has 0 spiro atoms. The fourth-order valence-corrected chi connectivity index (χ4v) is 3.65. The normalized spacial score (nSPS) is 12.8. The molecule has 160 valence electrons. The number of hydrogen-bond donors (Lipinski definition) is 0. The summed E-state index contributed by atoms with van der Waals surface area (Å²) in [5.41, 5.74) is 4.01. The minimum atomic E-state index is -0.476. The van der Waals surface area contributed by atoms with Gasteiger partial charge in [-0.25, -0.2) is 0 Å². The lowest BCUT2D eigenvalue weighted by atomic mass is 9.89. The van der Waals surface area contributed by atoms with Crippen molar-refractivity contribution in [2.24, 2.45) is 0 Å². The molecule has 0 aliphatic heterocycles. The average molecular weight is 420 g/mol. The lowest BCUT2D eigenvalue weighted by Gasteiger charge is -2.16. The Kier molecular flexibility index (Phi) is 6.40. The zero-order valence-electron chi connectivity index (χ0n) is 17.4. The number of ketones is 1. The van der Waals surface area contributed by atoms with Crippen LogP contribution in [0.4, 0.5) is 0 Å². The van der Waals surface area contributed by atoms with Crippen LogP contribution in [0.15, 0.2) is 47.0 Å². The summed E-state index contributed by atoms with van der Waals surface area (Å²) in [6.07, 6.45) is 4.57. The highest BCUT2D eigenvalue weighted by molar-refractivity contribution is 5.97. The molecule has 0 saturated carbocycles. The van der Waals surface area contributed by atoms with Crippen molar-refractivity contribution in [1.82, 2.24) is 10.1 Å². The molecule has 4 rings (SSSR count). The molecule has 0 bridgehead atoms. The summed E-state index contributed by atoms with van der Waals surface area (Å²) in [5, 5.41) is 3.90. The number of hydrogen-bond acceptors (Lipinski definition) is 7. The van der Waals surface area contributed by atoms with Crippen LogP contribution < -0.4 is 4.74 Å². The van der Waals surface area contributed by atoms with Gasteiger partial charge in [0.1, 0.15) is 5.75 Å². The van der Waals surface area contributed by atoms with Gasteiger partial charge in [-0.15, -0.1) is 0 Å². The maximum absolute atomic E-state index is 12.5. The van der Waals surface area contributed by atoms with Crippen molar-refractivity contribution in [1.29, 1.82) is 0 Å². The molecule has 0 unspecified atom stereocenters. The molecule has 31 heavy (non-hydrogen) atoms. The van der Waals surface area contributed by atoms with Crippen LogP contribution in [-0.2, 0) is 29.0 Å². The quantitative estimate of drug-likeness (QED) is 0.396. The molecule has 7 heteroatoms. The van der Waals surface area contributed by atoms with E-state index in [1.807, 2.05) is 30.3 Å². The molecular formula is C24H24N2O5. The van der Waals surface area contributed by atoms with Gasteiger partial charge >= 0.3 is 5.97 Å². The summed E-state index contributed by atoms with van der Waals surface area (Å²) < 4.78 is 15.4. The molecule has 3 aromatic rings. The second-order valence-corrected chi connectivity index (χ2v) is 7.51. The molecule has 2 aromatic carbocycles. The third-order valence-electron chi connectivity index (χ3n) is 5.40. The van der Waals surface area contributed by atoms with E-state index in [0.717, 1.165) is 30.6 Å². The molecule has 0 amide bonds. The van der Waals surface area contributed by atoms with Crippen LogP contribution in [0.25, 0.3) is 11.4 Å². The number of methoxy groups -OCH3 is 1. The number of nitrogens with zero attached hydrogens (tertiary/aromatic N) is 2. The number of carbonyl (C=O) groups excluding carboxylic acids is 2. The summed E-state index contributed by atoms with van der Waals surface area (Å²) in [4.78, 5) is 28.7. The summed E-state index contributed by atoms with van der Waals surface area (Å²) in [5.74, 6) is 0.795. The van der Waals surface area contributed by atoms with Crippen molar-refractivity contribution in [3.8, 4) is 17.1 Å². The van der Waals surface area contributed by atoms with Crippen LogP contribution in [0.5, 0.6) is 5.75 Å². The van der Waals surface area contributed by atoms with E-state index in [-0.39, 0.29) is 31.1 Å². The standard InChI is InChI=1S/C24H24N2O5/c1-29-20-10-8-17(9-11-20)24-25-22(31-26-24)15-30-23(28)13-12-21(27)19-7-6-16-4-2-3-5-18(16)14-19/h6-11,14H,2-5,12-13,15H2,1H3. The smallest absolute Gasteiger partial charge is 0.306 e. The van der Waals surface area contributed by atoms with Crippen LogP contribution in [0.2, 0.25) is 0 Å².